The molecule has 1 atom stereocenters. The van der Waals surface area contributed by atoms with Crippen LogP contribution in [0.25, 0.3) is 11.0 Å². The molecule has 0 amide bonds. The van der Waals surface area contributed by atoms with Crippen LogP contribution in [0.1, 0.15) is 46.0 Å². The van der Waals surface area contributed by atoms with Crippen molar-refractivity contribution in [1.82, 2.24) is 9.55 Å². The Bertz CT molecular complexity index is 596. The molecule has 2 aromatic rings. The second-order valence-electron chi connectivity index (χ2n) is 6.39. The molecule has 110 valence electrons. The topological polar surface area (TPSA) is 64.1 Å². The van der Waals surface area contributed by atoms with Gasteiger partial charge < -0.3 is 15.4 Å². The fraction of sp³-hybridized carbons (Fsp3) is 0.562. The van der Waals surface area contributed by atoms with Crippen molar-refractivity contribution in [2.75, 3.05) is 12.3 Å². The number of nitrogens with two attached hydrogens (primary N) is 1. The van der Waals surface area contributed by atoms with E-state index in [4.69, 9.17) is 10.7 Å². The van der Waals surface area contributed by atoms with Crippen LogP contribution >= 0.6 is 0 Å². The molecular formula is C16H25N3O. The van der Waals surface area contributed by atoms with E-state index in [-0.39, 0.29) is 18.1 Å². The molecule has 3 N–H and O–H groups in total. The molecule has 1 aromatic heterocycles. The molecule has 0 aliphatic carbocycles. The van der Waals surface area contributed by atoms with Crippen molar-refractivity contribution in [2.45, 2.75) is 46.6 Å². The number of aromatic nitrogens is 2. The number of imidazole rings is 1. The van der Waals surface area contributed by atoms with E-state index in [0.717, 1.165) is 35.4 Å². The minimum absolute atomic E-state index is 0.0572. The molecule has 0 saturated heterocycles. The van der Waals surface area contributed by atoms with Gasteiger partial charge in [-0.2, -0.15) is 0 Å². The zero-order valence-electron chi connectivity index (χ0n) is 12.8. The Balaban J connectivity index is 2.66. The predicted molar refractivity (Wildman–Crippen MR) is 83.7 cm³/mol. The van der Waals surface area contributed by atoms with Gasteiger partial charge in [0, 0.05) is 24.8 Å². The SMILES string of the molecule is CCc1nc2cc(N)ccc2n1C(CCO)C(C)(C)C. The average molecular weight is 275 g/mol. The van der Waals surface area contributed by atoms with Crippen molar-refractivity contribution in [1.29, 1.82) is 0 Å². The standard InChI is InChI=1S/C16H25N3O/c1-5-15-18-12-10-11(17)6-7-13(12)19(15)14(8-9-20)16(2,3)4/h6-7,10,14,20H,5,8-9,17H2,1-4H3. The van der Waals surface area contributed by atoms with Crippen molar-refractivity contribution in [3.63, 3.8) is 0 Å². The first-order valence-electron chi connectivity index (χ1n) is 7.25. The van der Waals surface area contributed by atoms with Gasteiger partial charge >= 0.3 is 0 Å². The fourth-order valence-electron chi connectivity index (χ4n) is 2.83. The maximum Gasteiger partial charge on any atom is 0.109 e. The lowest BCUT2D eigenvalue weighted by molar-refractivity contribution is 0.178. The number of aliphatic hydroxyl groups excluding tert-OH is 1. The van der Waals surface area contributed by atoms with Gasteiger partial charge in [0.2, 0.25) is 0 Å². The molecule has 1 aromatic carbocycles. The number of nitrogens with zero attached hydrogens (tertiary/aromatic N) is 2. The van der Waals surface area contributed by atoms with Gasteiger partial charge in [0.25, 0.3) is 0 Å². The van der Waals surface area contributed by atoms with Crippen LogP contribution in [-0.4, -0.2) is 21.3 Å². The number of aryl methyl sites for hydroxylation is 1. The second-order valence-corrected chi connectivity index (χ2v) is 6.39. The van der Waals surface area contributed by atoms with Gasteiger partial charge in [-0.05, 0) is 30.0 Å². The highest BCUT2D eigenvalue weighted by molar-refractivity contribution is 5.79. The molecule has 1 heterocycles. The number of anilines is 1. The Morgan fingerprint density at radius 1 is 1.35 bits per heavy atom. The summed E-state index contributed by atoms with van der Waals surface area (Å²) in [5.74, 6) is 1.05. The van der Waals surface area contributed by atoms with Gasteiger partial charge in [0.1, 0.15) is 5.82 Å². The maximum absolute atomic E-state index is 9.42. The van der Waals surface area contributed by atoms with Gasteiger partial charge in [0.15, 0.2) is 0 Å². The summed E-state index contributed by atoms with van der Waals surface area (Å²) in [6.07, 6.45) is 1.60. The van der Waals surface area contributed by atoms with Crippen LogP contribution in [0.2, 0.25) is 0 Å². The van der Waals surface area contributed by atoms with E-state index in [1.807, 2.05) is 18.2 Å². The zero-order valence-corrected chi connectivity index (χ0v) is 12.8. The van der Waals surface area contributed by atoms with E-state index < -0.39 is 0 Å². The minimum Gasteiger partial charge on any atom is -0.399 e. The van der Waals surface area contributed by atoms with E-state index >= 15 is 0 Å². The highest BCUT2D eigenvalue weighted by Gasteiger charge is 2.28. The number of rotatable bonds is 4. The van der Waals surface area contributed by atoms with E-state index in [1.165, 1.54) is 0 Å². The Morgan fingerprint density at radius 3 is 2.60 bits per heavy atom. The van der Waals surface area contributed by atoms with Crippen molar-refractivity contribution < 1.29 is 5.11 Å². The number of hydrogen-bond acceptors (Lipinski definition) is 3. The summed E-state index contributed by atoms with van der Waals surface area (Å²) < 4.78 is 2.28. The molecule has 0 radical (unpaired) electrons. The molecule has 0 spiro atoms. The zero-order chi connectivity index (χ0) is 14.9. The van der Waals surface area contributed by atoms with Crippen LogP contribution in [0.5, 0.6) is 0 Å². The fourth-order valence-corrected chi connectivity index (χ4v) is 2.83. The van der Waals surface area contributed by atoms with Crippen molar-refractivity contribution in [2.24, 2.45) is 5.41 Å². The van der Waals surface area contributed by atoms with E-state index in [0.29, 0.717) is 0 Å². The summed E-state index contributed by atoms with van der Waals surface area (Å²) >= 11 is 0. The molecule has 4 heteroatoms. The molecule has 0 saturated carbocycles. The quantitative estimate of drug-likeness (QED) is 0.842. The molecule has 20 heavy (non-hydrogen) atoms. The Hall–Kier alpha value is -1.55. The number of benzene rings is 1. The molecule has 0 fully saturated rings. The van der Waals surface area contributed by atoms with Gasteiger partial charge in [0.05, 0.1) is 11.0 Å². The number of hydrogen-bond donors (Lipinski definition) is 2. The van der Waals surface area contributed by atoms with Crippen LogP contribution in [0.15, 0.2) is 18.2 Å². The highest BCUT2D eigenvalue weighted by Crippen LogP contribution is 2.37. The minimum atomic E-state index is 0.0572. The second kappa shape index (κ2) is 5.44. The number of nitrogen functional groups attached to an aromatic ring is 1. The Labute approximate surface area is 120 Å². The molecule has 0 aliphatic rings. The van der Waals surface area contributed by atoms with Gasteiger partial charge in [-0.25, -0.2) is 4.98 Å². The highest BCUT2D eigenvalue weighted by atomic mass is 16.3. The number of aliphatic hydroxyl groups is 1. The van der Waals surface area contributed by atoms with Gasteiger partial charge in [-0.15, -0.1) is 0 Å². The van der Waals surface area contributed by atoms with Crippen molar-refractivity contribution in [3.8, 4) is 0 Å². The predicted octanol–water partition coefficient (Wildman–Crippen LogP) is 3.15. The monoisotopic (exact) mass is 275 g/mol. The third-order valence-corrected chi connectivity index (χ3v) is 3.82. The lowest BCUT2D eigenvalue weighted by Gasteiger charge is -2.33. The third-order valence-electron chi connectivity index (χ3n) is 3.82. The third kappa shape index (κ3) is 2.66. The van der Waals surface area contributed by atoms with Gasteiger partial charge in [-0.3, -0.25) is 0 Å². The Kier molecular flexibility index (Phi) is 4.04. The number of fused-ring (bicyclic) bond motifs is 1. The average Bonchev–Trinajstić information content (AvgIpc) is 2.71. The van der Waals surface area contributed by atoms with Crippen LogP contribution in [-0.2, 0) is 6.42 Å². The summed E-state index contributed by atoms with van der Waals surface area (Å²) in [4.78, 5) is 4.71. The van der Waals surface area contributed by atoms with Crippen LogP contribution in [0.4, 0.5) is 5.69 Å². The summed E-state index contributed by atoms with van der Waals surface area (Å²) in [5.41, 5.74) is 8.69. The lowest BCUT2D eigenvalue weighted by atomic mass is 9.84. The molecule has 2 rings (SSSR count). The van der Waals surface area contributed by atoms with E-state index in [9.17, 15) is 5.11 Å². The first-order chi connectivity index (χ1) is 9.38. The molecule has 1 unspecified atom stereocenters. The van der Waals surface area contributed by atoms with E-state index in [1.54, 1.807) is 0 Å². The maximum atomic E-state index is 9.42. The van der Waals surface area contributed by atoms with Crippen molar-refractivity contribution >= 4 is 16.7 Å². The summed E-state index contributed by atoms with van der Waals surface area (Å²) in [6, 6.07) is 6.09. The van der Waals surface area contributed by atoms with E-state index in [2.05, 4.69) is 32.3 Å². The molecule has 0 bridgehead atoms. The molecule has 4 nitrogen and oxygen atoms in total. The summed E-state index contributed by atoms with van der Waals surface area (Å²) in [6.45, 7) is 8.90. The van der Waals surface area contributed by atoms with Crippen LogP contribution < -0.4 is 5.73 Å². The first-order valence-corrected chi connectivity index (χ1v) is 7.25. The summed E-state index contributed by atoms with van der Waals surface area (Å²) in [7, 11) is 0. The smallest absolute Gasteiger partial charge is 0.109 e. The summed E-state index contributed by atoms with van der Waals surface area (Å²) in [5, 5.41) is 9.42. The lowest BCUT2D eigenvalue weighted by Crippen LogP contribution is -2.26. The van der Waals surface area contributed by atoms with Crippen LogP contribution in [0.3, 0.4) is 0 Å². The van der Waals surface area contributed by atoms with Crippen LogP contribution in [0, 0.1) is 5.41 Å². The normalized spacial score (nSPS) is 13.8. The Morgan fingerprint density at radius 2 is 2.05 bits per heavy atom. The van der Waals surface area contributed by atoms with Gasteiger partial charge in [-0.1, -0.05) is 27.7 Å². The first kappa shape index (κ1) is 14.9. The largest absolute Gasteiger partial charge is 0.399 e. The van der Waals surface area contributed by atoms with Crippen molar-refractivity contribution in [3.05, 3.63) is 24.0 Å². The molecule has 0 aliphatic heterocycles. The molecular weight excluding hydrogens is 250 g/mol.